The molecule has 0 aliphatic rings. The summed E-state index contributed by atoms with van der Waals surface area (Å²) >= 11 is 6.11. The van der Waals surface area contributed by atoms with Gasteiger partial charge in [0.25, 0.3) is 5.91 Å². The Hall–Kier alpha value is -2.34. The predicted octanol–water partition coefficient (Wildman–Crippen LogP) is 4.33. The molecule has 7 heteroatoms. The van der Waals surface area contributed by atoms with E-state index < -0.39 is 0 Å². The van der Waals surface area contributed by atoms with Crippen LogP contribution in [0.3, 0.4) is 0 Å². The number of carbonyl (C=O) groups is 1. The second kappa shape index (κ2) is 9.38. The van der Waals surface area contributed by atoms with Gasteiger partial charge in [-0.3, -0.25) is 4.79 Å². The number of rotatable bonds is 8. The molecule has 1 heterocycles. The molecule has 0 atom stereocenters. The highest BCUT2D eigenvalue weighted by molar-refractivity contribution is 6.32. The number of amides is 1. The molecule has 0 aliphatic heterocycles. The quantitative estimate of drug-likeness (QED) is 0.742. The number of halogens is 1. The second-order valence-electron chi connectivity index (χ2n) is 5.95. The predicted molar refractivity (Wildman–Crippen MR) is 106 cm³/mol. The molecule has 1 amide bonds. The van der Waals surface area contributed by atoms with Gasteiger partial charge in [0.2, 0.25) is 0 Å². The molecular weight excluding hydrogens is 352 g/mol. The van der Waals surface area contributed by atoms with Gasteiger partial charge in [-0.1, -0.05) is 25.4 Å². The molecule has 0 unspecified atom stereocenters. The van der Waals surface area contributed by atoms with Gasteiger partial charge in [0.1, 0.15) is 23.1 Å². The molecule has 0 saturated heterocycles. The largest absolute Gasteiger partial charge is 0.495 e. The van der Waals surface area contributed by atoms with Gasteiger partial charge in [0.05, 0.1) is 12.1 Å². The first-order valence-electron chi connectivity index (χ1n) is 8.74. The van der Waals surface area contributed by atoms with Crippen LogP contribution in [0.4, 0.5) is 11.5 Å². The van der Waals surface area contributed by atoms with Crippen molar-refractivity contribution in [3.8, 4) is 5.75 Å². The summed E-state index contributed by atoms with van der Waals surface area (Å²) in [6.07, 6.45) is 2.02. The Bertz CT molecular complexity index is 761. The van der Waals surface area contributed by atoms with Crippen molar-refractivity contribution < 1.29 is 9.53 Å². The normalized spacial score (nSPS) is 10.5. The van der Waals surface area contributed by atoms with Crippen LogP contribution in [0.1, 0.15) is 43.0 Å². The second-order valence-corrected chi connectivity index (χ2v) is 6.36. The highest BCUT2D eigenvalue weighted by Crippen LogP contribution is 2.27. The molecule has 1 aromatic heterocycles. The van der Waals surface area contributed by atoms with Gasteiger partial charge in [-0.25, -0.2) is 9.97 Å². The highest BCUT2D eigenvalue weighted by Gasteiger charge is 2.15. The van der Waals surface area contributed by atoms with E-state index in [9.17, 15) is 4.79 Å². The van der Waals surface area contributed by atoms with Gasteiger partial charge in [-0.2, -0.15) is 0 Å². The van der Waals surface area contributed by atoms with E-state index in [-0.39, 0.29) is 5.91 Å². The van der Waals surface area contributed by atoms with Crippen molar-refractivity contribution in [3.63, 3.8) is 0 Å². The van der Waals surface area contributed by atoms with Crippen LogP contribution in [0.2, 0.25) is 5.02 Å². The number of carbonyl (C=O) groups excluding carboxylic acids is 1. The summed E-state index contributed by atoms with van der Waals surface area (Å²) in [6.45, 7) is 7.81. The van der Waals surface area contributed by atoms with Crippen molar-refractivity contribution in [2.45, 2.75) is 33.6 Å². The van der Waals surface area contributed by atoms with Crippen LogP contribution in [0.25, 0.3) is 0 Å². The molecule has 0 spiro atoms. The lowest BCUT2D eigenvalue weighted by Crippen LogP contribution is -2.27. The van der Waals surface area contributed by atoms with E-state index in [1.165, 1.54) is 0 Å². The average Bonchev–Trinajstić information content (AvgIpc) is 2.61. The standard InChI is InChI=1S/C19H25ClN4O2/c1-5-9-24(10-6-2)18-12-16(21-13(3)22-18)19(25)23-14-7-8-17(26-4)15(20)11-14/h7-8,11-12H,5-6,9-10H2,1-4H3,(H,23,25). The van der Waals surface area contributed by atoms with E-state index in [1.807, 2.05) is 0 Å². The lowest BCUT2D eigenvalue weighted by molar-refractivity contribution is 0.102. The molecule has 2 rings (SSSR count). The highest BCUT2D eigenvalue weighted by atomic mass is 35.5. The lowest BCUT2D eigenvalue weighted by Gasteiger charge is -2.23. The maximum absolute atomic E-state index is 12.6. The van der Waals surface area contributed by atoms with Gasteiger partial charge >= 0.3 is 0 Å². The van der Waals surface area contributed by atoms with Gasteiger partial charge in [-0.15, -0.1) is 0 Å². The number of nitrogens with zero attached hydrogens (tertiary/aromatic N) is 3. The summed E-state index contributed by atoms with van der Waals surface area (Å²) in [5.74, 6) is 1.60. The van der Waals surface area contributed by atoms with E-state index in [2.05, 4.69) is 34.0 Å². The number of aromatic nitrogens is 2. The van der Waals surface area contributed by atoms with Crippen LogP contribution in [0, 0.1) is 6.92 Å². The van der Waals surface area contributed by atoms with Crippen LogP contribution in [0.5, 0.6) is 5.75 Å². The first-order valence-corrected chi connectivity index (χ1v) is 9.11. The number of hydrogen-bond donors (Lipinski definition) is 1. The zero-order chi connectivity index (χ0) is 19.1. The van der Waals surface area contributed by atoms with E-state index in [1.54, 1.807) is 38.3 Å². The summed E-state index contributed by atoms with van der Waals surface area (Å²) in [5.41, 5.74) is 0.911. The number of benzene rings is 1. The molecule has 1 aromatic carbocycles. The van der Waals surface area contributed by atoms with Gasteiger partial charge in [0.15, 0.2) is 0 Å². The third-order valence-corrected chi connectivity index (χ3v) is 4.07. The Balaban J connectivity index is 2.24. The van der Waals surface area contributed by atoms with Crippen LogP contribution in [-0.4, -0.2) is 36.1 Å². The SMILES string of the molecule is CCCN(CCC)c1cc(C(=O)Nc2ccc(OC)c(Cl)c2)nc(C)n1. The Kier molecular flexibility index (Phi) is 7.21. The van der Waals surface area contributed by atoms with E-state index in [4.69, 9.17) is 16.3 Å². The van der Waals surface area contributed by atoms with Crippen molar-refractivity contribution in [2.75, 3.05) is 30.4 Å². The number of aryl methyl sites for hydroxylation is 1. The fourth-order valence-corrected chi connectivity index (χ4v) is 2.91. The van der Waals surface area contributed by atoms with Crippen LogP contribution < -0.4 is 15.0 Å². The minimum atomic E-state index is -0.300. The Morgan fingerprint density at radius 2 is 1.88 bits per heavy atom. The van der Waals surface area contributed by atoms with Gasteiger partial charge in [-0.05, 0) is 38.0 Å². The summed E-state index contributed by atoms with van der Waals surface area (Å²) in [7, 11) is 1.54. The molecular formula is C19H25ClN4O2. The summed E-state index contributed by atoms with van der Waals surface area (Å²) < 4.78 is 5.12. The molecule has 0 bridgehead atoms. The van der Waals surface area contributed by atoms with Gasteiger partial charge in [0, 0.05) is 24.8 Å². The molecule has 0 radical (unpaired) electrons. The Labute approximate surface area is 159 Å². The number of nitrogens with one attached hydrogen (secondary N) is 1. The summed E-state index contributed by atoms with van der Waals surface area (Å²) in [6, 6.07) is 6.82. The van der Waals surface area contributed by atoms with E-state index in [0.29, 0.717) is 28.0 Å². The van der Waals surface area contributed by atoms with Crippen LogP contribution >= 0.6 is 11.6 Å². The molecule has 26 heavy (non-hydrogen) atoms. The number of hydrogen-bond acceptors (Lipinski definition) is 5. The summed E-state index contributed by atoms with van der Waals surface area (Å²) in [5, 5.41) is 3.25. The molecule has 0 saturated carbocycles. The molecule has 1 N–H and O–H groups in total. The fraction of sp³-hybridized carbons (Fsp3) is 0.421. The van der Waals surface area contributed by atoms with Crippen LogP contribution in [0.15, 0.2) is 24.3 Å². The third kappa shape index (κ3) is 5.08. The molecule has 2 aromatic rings. The minimum absolute atomic E-state index is 0.300. The van der Waals surface area contributed by atoms with Crippen molar-refractivity contribution in [1.29, 1.82) is 0 Å². The molecule has 140 valence electrons. The smallest absolute Gasteiger partial charge is 0.274 e. The van der Waals surface area contributed by atoms with E-state index in [0.717, 1.165) is 31.7 Å². The monoisotopic (exact) mass is 376 g/mol. The molecule has 0 fully saturated rings. The first kappa shape index (κ1) is 20.0. The van der Waals surface area contributed by atoms with Crippen molar-refractivity contribution in [1.82, 2.24) is 9.97 Å². The van der Waals surface area contributed by atoms with Crippen molar-refractivity contribution >= 4 is 29.0 Å². The number of anilines is 2. The lowest BCUT2D eigenvalue weighted by atomic mass is 10.2. The van der Waals surface area contributed by atoms with Crippen molar-refractivity contribution in [2.24, 2.45) is 0 Å². The maximum atomic E-state index is 12.6. The Morgan fingerprint density at radius 1 is 1.19 bits per heavy atom. The van der Waals surface area contributed by atoms with Crippen molar-refractivity contribution in [3.05, 3.63) is 40.8 Å². The van der Waals surface area contributed by atoms with Crippen LogP contribution in [-0.2, 0) is 0 Å². The third-order valence-electron chi connectivity index (χ3n) is 3.78. The first-order chi connectivity index (χ1) is 12.5. The zero-order valence-corrected chi connectivity index (χ0v) is 16.4. The maximum Gasteiger partial charge on any atom is 0.274 e. The van der Waals surface area contributed by atoms with E-state index >= 15 is 0 Å². The zero-order valence-electron chi connectivity index (χ0n) is 15.7. The number of ether oxygens (including phenoxy) is 1. The average molecular weight is 377 g/mol. The Morgan fingerprint density at radius 3 is 2.46 bits per heavy atom. The minimum Gasteiger partial charge on any atom is -0.495 e. The summed E-state index contributed by atoms with van der Waals surface area (Å²) in [4.78, 5) is 23.6. The molecule has 0 aliphatic carbocycles. The fourth-order valence-electron chi connectivity index (χ4n) is 2.65. The number of methoxy groups -OCH3 is 1. The molecule has 6 nitrogen and oxygen atoms in total. The van der Waals surface area contributed by atoms with Gasteiger partial charge < -0.3 is 15.0 Å². The topological polar surface area (TPSA) is 67.4 Å².